The molecular formula is C15H20O3. The minimum absolute atomic E-state index is 0.00455. The predicted molar refractivity (Wildman–Crippen MR) is 68.0 cm³/mol. The van der Waals surface area contributed by atoms with Crippen molar-refractivity contribution >= 4 is 5.97 Å². The van der Waals surface area contributed by atoms with Crippen molar-refractivity contribution in [2.75, 3.05) is 0 Å². The molecule has 0 N–H and O–H groups in total. The molecule has 3 aliphatic rings. The van der Waals surface area contributed by atoms with Gasteiger partial charge in [-0.1, -0.05) is 18.2 Å². The van der Waals surface area contributed by atoms with Crippen molar-refractivity contribution in [3.63, 3.8) is 0 Å². The number of rotatable bonds is 0. The fourth-order valence-electron chi connectivity index (χ4n) is 3.19. The lowest BCUT2D eigenvalue weighted by molar-refractivity contribution is -0.139. The molecule has 98 valence electrons. The van der Waals surface area contributed by atoms with E-state index in [4.69, 9.17) is 9.47 Å². The van der Waals surface area contributed by atoms with E-state index >= 15 is 0 Å². The van der Waals surface area contributed by atoms with E-state index in [-0.39, 0.29) is 29.7 Å². The summed E-state index contributed by atoms with van der Waals surface area (Å²) in [5, 5.41) is 0. The maximum Gasteiger partial charge on any atom is 0.334 e. The Kier molecular flexibility index (Phi) is 2.63. The molecule has 2 fully saturated rings. The molecule has 3 rings (SSSR count). The SMILES string of the molecule is C=C1C(=O)O[C@@H]2C/C(C)=C/CC[C@]3(C)O[C@@H]3C[C@H]12. The van der Waals surface area contributed by atoms with Gasteiger partial charge >= 0.3 is 5.97 Å². The number of hydrogen-bond donors (Lipinski definition) is 0. The standard InChI is InChI=1S/C15H20O3/c1-9-5-4-6-15(3)13(18-15)8-11-10(2)14(16)17-12(11)7-9/h5,11-13H,2,4,6-8H2,1,3H3/b9-5+/t11-,12-,13-,15+/m1/s1. The summed E-state index contributed by atoms with van der Waals surface area (Å²) in [5.74, 6) is -0.0924. The van der Waals surface area contributed by atoms with E-state index in [0.29, 0.717) is 5.57 Å². The number of esters is 1. The molecule has 2 aliphatic heterocycles. The van der Waals surface area contributed by atoms with Crippen molar-refractivity contribution in [2.24, 2.45) is 5.92 Å². The molecule has 2 saturated heterocycles. The zero-order chi connectivity index (χ0) is 12.9. The molecule has 3 nitrogen and oxygen atoms in total. The van der Waals surface area contributed by atoms with Gasteiger partial charge < -0.3 is 9.47 Å². The first kappa shape index (κ1) is 12.0. The number of hydrogen-bond acceptors (Lipinski definition) is 3. The van der Waals surface area contributed by atoms with Gasteiger partial charge in [-0.05, 0) is 33.1 Å². The third kappa shape index (κ3) is 1.91. The molecule has 0 unspecified atom stereocenters. The average molecular weight is 248 g/mol. The van der Waals surface area contributed by atoms with Crippen LogP contribution in [0, 0.1) is 5.92 Å². The molecule has 1 aliphatic carbocycles. The Labute approximate surface area is 108 Å². The van der Waals surface area contributed by atoms with Crippen LogP contribution < -0.4 is 0 Å². The Bertz CT molecular complexity index is 437. The number of carbonyl (C=O) groups is 1. The molecular weight excluding hydrogens is 228 g/mol. The molecule has 0 amide bonds. The van der Waals surface area contributed by atoms with Crippen molar-refractivity contribution in [2.45, 2.75) is 57.3 Å². The summed E-state index contributed by atoms with van der Waals surface area (Å²) < 4.78 is 11.3. The first-order valence-corrected chi connectivity index (χ1v) is 6.73. The lowest BCUT2D eigenvalue weighted by Gasteiger charge is -2.19. The Morgan fingerprint density at radius 1 is 1.50 bits per heavy atom. The van der Waals surface area contributed by atoms with Crippen molar-refractivity contribution in [3.8, 4) is 0 Å². The van der Waals surface area contributed by atoms with Crippen LogP contribution in [0.15, 0.2) is 23.8 Å². The first-order valence-electron chi connectivity index (χ1n) is 6.73. The minimum atomic E-state index is -0.223. The molecule has 0 radical (unpaired) electrons. The predicted octanol–water partition coefficient (Wildman–Crippen LogP) is 2.76. The molecule has 2 heterocycles. The number of fused-ring (bicyclic) bond motifs is 2. The van der Waals surface area contributed by atoms with Crippen LogP contribution in [0.5, 0.6) is 0 Å². The topological polar surface area (TPSA) is 38.8 Å². The van der Waals surface area contributed by atoms with Crippen LogP contribution in [0.1, 0.15) is 39.5 Å². The highest BCUT2D eigenvalue weighted by atomic mass is 16.6. The van der Waals surface area contributed by atoms with Crippen LogP contribution in [0.2, 0.25) is 0 Å². The van der Waals surface area contributed by atoms with E-state index in [2.05, 4.69) is 26.5 Å². The van der Waals surface area contributed by atoms with E-state index in [9.17, 15) is 4.79 Å². The second-order valence-electron chi connectivity index (χ2n) is 6.02. The molecule has 0 aromatic carbocycles. The van der Waals surface area contributed by atoms with Gasteiger partial charge in [0, 0.05) is 17.9 Å². The fourth-order valence-corrected chi connectivity index (χ4v) is 3.19. The minimum Gasteiger partial charge on any atom is -0.458 e. The number of allylic oxidation sites excluding steroid dienone is 1. The van der Waals surface area contributed by atoms with Crippen LogP contribution in [-0.2, 0) is 14.3 Å². The molecule has 0 bridgehead atoms. The van der Waals surface area contributed by atoms with Crippen molar-refractivity contribution in [1.82, 2.24) is 0 Å². The van der Waals surface area contributed by atoms with Crippen molar-refractivity contribution < 1.29 is 14.3 Å². The van der Waals surface area contributed by atoms with Gasteiger partial charge in [0.1, 0.15) is 6.10 Å². The quantitative estimate of drug-likeness (QED) is 0.286. The molecule has 0 aromatic heterocycles. The highest BCUT2D eigenvalue weighted by Crippen LogP contribution is 2.48. The fraction of sp³-hybridized carbons (Fsp3) is 0.667. The highest BCUT2D eigenvalue weighted by Gasteiger charge is 2.54. The summed E-state index contributed by atoms with van der Waals surface area (Å²) in [5.41, 5.74) is 1.94. The molecule has 0 spiro atoms. The second-order valence-corrected chi connectivity index (χ2v) is 6.02. The Balaban J connectivity index is 1.86. The highest BCUT2D eigenvalue weighted by molar-refractivity contribution is 5.90. The molecule has 18 heavy (non-hydrogen) atoms. The third-order valence-corrected chi connectivity index (χ3v) is 4.58. The Morgan fingerprint density at radius 3 is 3.06 bits per heavy atom. The maximum absolute atomic E-state index is 11.7. The molecule has 4 atom stereocenters. The Morgan fingerprint density at radius 2 is 2.28 bits per heavy atom. The number of carbonyl (C=O) groups excluding carboxylic acids is 1. The van der Waals surface area contributed by atoms with E-state index in [1.165, 1.54) is 5.57 Å². The van der Waals surface area contributed by atoms with E-state index < -0.39 is 0 Å². The summed E-state index contributed by atoms with van der Waals surface area (Å²) in [4.78, 5) is 11.7. The van der Waals surface area contributed by atoms with E-state index in [1.807, 2.05) is 0 Å². The lowest BCUT2D eigenvalue weighted by atomic mass is 9.84. The molecule has 0 saturated carbocycles. The summed E-state index contributed by atoms with van der Waals surface area (Å²) in [6, 6.07) is 0. The van der Waals surface area contributed by atoms with Gasteiger partial charge in [-0.15, -0.1) is 0 Å². The third-order valence-electron chi connectivity index (χ3n) is 4.58. The smallest absolute Gasteiger partial charge is 0.334 e. The summed E-state index contributed by atoms with van der Waals surface area (Å²) in [6.45, 7) is 8.17. The van der Waals surface area contributed by atoms with Gasteiger partial charge in [-0.25, -0.2) is 4.79 Å². The molecule has 3 heteroatoms. The first-order chi connectivity index (χ1) is 8.49. The Hall–Kier alpha value is -1.09. The van der Waals surface area contributed by atoms with Gasteiger partial charge in [-0.3, -0.25) is 0 Å². The number of ether oxygens (including phenoxy) is 2. The van der Waals surface area contributed by atoms with Gasteiger partial charge in [0.25, 0.3) is 0 Å². The van der Waals surface area contributed by atoms with E-state index in [0.717, 1.165) is 25.7 Å². The zero-order valence-electron chi connectivity index (χ0n) is 11.1. The lowest BCUT2D eigenvalue weighted by Crippen LogP contribution is -2.22. The normalized spacial score (nSPS) is 46.6. The van der Waals surface area contributed by atoms with Gasteiger partial charge in [-0.2, -0.15) is 0 Å². The van der Waals surface area contributed by atoms with Crippen LogP contribution >= 0.6 is 0 Å². The number of epoxide rings is 1. The maximum atomic E-state index is 11.7. The summed E-state index contributed by atoms with van der Waals surface area (Å²) in [7, 11) is 0. The van der Waals surface area contributed by atoms with Gasteiger partial charge in [0.15, 0.2) is 0 Å². The molecule has 0 aromatic rings. The summed E-state index contributed by atoms with van der Waals surface area (Å²) >= 11 is 0. The summed E-state index contributed by atoms with van der Waals surface area (Å²) in [6.07, 6.45) is 6.30. The largest absolute Gasteiger partial charge is 0.458 e. The van der Waals surface area contributed by atoms with Crippen molar-refractivity contribution in [1.29, 1.82) is 0 Å². The van der Waals surface area contributed by atoms with Crippen molar-refractivity contribution in [3.05, 3.63) is 23.8 Å². The average Bonchev–Trinajstić information content (AvgIpc) is 2.86. The monoisotopic (exact) mass is 248 g/mol. The second kappa shape index (κ2) is 3.95. The van der Waals surface area contributed by atoms with Gasteiger partial charge in [0.2, 0.25) is 0 Å². The zero-order valence-corrected chi connectivity index (χ0v) is 11.1. The van der Waals surface area contributed by atoms with Crippen LogP contribution in [-0.4, -0.2) is 23.8 Å². The van der Waals surface area contributed by atoms with Crippen LogP contribution in [0.4, 0.5) is 0 Å². The van der Waals surface area contributed by atoms with E-state index in [1.54, 1.807) is 0 Å². The van der Waals surface area contributed by atoms with Crippen LogP contribution in [0.25, 0.3) is 0 Å². The van der Waals surface area contributed by atoms with Crippen LogP contribution in [0.3, 0.4) is 0 Å². The van der Waals surface area contributed by atoms with Gasteiger partial charge in [0.05, 0.1) is 11.7 Å².